The maximum Gasteiger partial charge on any atom is 0.270 e. The Morgan fingerprint density at radius 1 is 1.07 bits per heavy atom. The van der Waals surface area contributed by atoms with E-state index in [1.165, 1.54) is 17.7 Å². The molecule has 150 valence electrons. The van der Waals surface area contributed by atoms with Gasteiger partial charge in [0.15, 0.2) is 0 Å². The summed E-state index contributed by atoms with van der Waals surface area (Å²) in [6.45, 7) is 8.60. The Balaban J connectivity index is 1.68. The average molecular weight is 392 g/mol. The van der Waals surface area contributed by atoms with E-state index in [9.17, 15) is 20.2 Å². The van der Waals surface area contributed by atoms with Crippen molar-refractivity contribution in [2.24, 2.45) is 0 Å². The summed E-state index contributed by atoms with van der Waals surface area (Å²) in [5.74, 6) is -0.00526. The highest BCUT2D eigenvalue weighted by molar-refractivity contribution is 5.94. The highest BCUT2D eigenvalue weighted by atomic mass is 16.6. The predicted molar refractivity (Wildman–Crippen MR) is 111 cm³/mol. The fourth-order valence-corrected chi connectivity index (χ4v) is 3.45. The van der Waals surface area contributed by atoms with Crippen LogP contribution in [0, 0.1) is 21.4 Å². The van der Waals surface area contributed by atoms with Gasteiger partial charge in [-0.25, -0.2) is 0 Å². The topological polar surface area (TPSA) is 90.5 Å². The number of benzene rings is 2. The molecule has 1 heterocycles. The van der Waals surface area contributed by atoms with Crippen LogP contribution >= 0.6 is 0 Å². The van der Waals surface area contributed by atoms with Crippen LogP contribution in [0.2, 0.25) is 0 Å². The number of rotatable bonds is 3. The molecule has 1 aliphatic heterocycles. The van der Waals surface area contributed by atoms with Crippen molar-refractivity contribution in [3.63, 3.8) is 0 Å². The number of nitrogens with zero attached hydrogens (tertiary/aromatic N) is 4. The van der Waals surface area contributed by atoms with Crippen molar-refractivity contribution >= 4 is 17.3 Å². The number of non-ortho nitro benzene ring substituents is 1. The Morgan fingerprint density at radius 2 is 1.69 bits per heavy atom. The minimum Gasteiger partial charge on any atom is -0.367 e. The predicted octanol–water partition coefficient (Wildman–Crippen LogP) is 3.73. The zero-order valence-corrected chi connectivity index (χ0v) is 16.9. The molecule has 0 saturated carbocycles. The molecule has 1 aliphatic rings. The lowest BCUT2D eigenvalue weighted by atomic mass is 9.86. The van der Waals surface area contributed by atoms with Crippen LogP contribution in [0.4, 0.5) is 11.4 Å². The molecule has 7 heteroatoms. The smallest absolute Gasteiger partial charge is 0.270 e. The van der Waals surface area contributed by atoms with Crippen molar-refractivity contribution < 1.29 is 9.72 Å². The highest BCUT2D eigenvalue weighted by Crippen LogP contribution is 2.27. The molecule has 0 radical (unpaired) electrons. The molecular weight excluding hydrogens is 368 g/mol. The molecule has 0 unspecified atom stereocenters. The third kappa shape index (κ3) is 4.37. The van der Waals surface area contributed by atoms with Crippen molar-refractivity contribution in [3.8, 4) is 6.07 Å². The zero-order valence-electron chi connectivity index (χ0n) is 16.9. The molecule has 29 heavy (non-hydrogen) atoms. The van der Waals surface area contributed by atoms with Gasteiger partial charge in [-0.05, 0) is 29.2 Å². The van der Waals surface area contributed by atoms with Crippen LogP contribution in [-0.4, -0.2) is 41.9 Å². The summed E-state index contributed by atoms with van der Waals surface area (Å²) >= 11 is 0. The Morgan fingerprint density at radius 3 is 2.21 bits per heavy atom. The molecule has 2 aromatic carbocycles. The van der Waals surface area contributed by atoms with E-state index in [1.807, 2.05) is 35.2 Å². The maximum atomic E-state index is 12.8. The van der Waals surface area contributed by atoms with Crippen molar-refractivity contribution in [1.29, 1.82) is 5.26 Å². The largest absolute Gasteiger partial charge is 0.367 e. The second-order valence-electron chi connectivity index (χ2n) is 8.18. The highest BCUT2D eigenvalue weighted by Gasteiger charge is 2.25. The first-order valence-corrected chi connectivity index (χ1v) is 9.54. The third-order valence-corrected chi connectivity index (χ3v) is 5.22. The van der Waals surface area contributed by atoms with E-state index >= 15 is 0 Å². The van der Waals surface area contributed by atoms with E-state index in [1.54, 1.807) is 11.0 Å². The zero-order chi connectivity index (χ0) is 21.2. The summed E-state index contributed by atoms with van der Waals surface area (Å²) in [5.41, 5.74) is 2.73. The molecule has 1 saturated heterocycles. The summed E-state index contributed by atoms with van der Waals surface area (Å²) in [6, 6.07) is 14.1. The summed E-state index contributed by atoms with van der Waals surface area (Å²) in [5, 5.41) is 20.3. The lowest BCUT2D eigenvalue weighted by Crippen LogP contribution is -2.49. The normalized spacial score (nSPS) is 14.4. The fourth-order valence-electron chi connectivity index (χ4n) is 3.45. The standard InChI is InChI=1S/C22H24N4O3/c1-22(2,3)18-6-4-16(5-7-18)21(27)25-12-10-24(11-13-25)20-9-8-19(26(28)29)14-17(20)15-23/h4-9,14H,10-13H2,1-3H3. The summed E-state index contributed by atoms with van der Waals surface area (Å²) in [4.78, 5) is 27.0. The third-order valence-electron chi connectivity index (χ3n) is 5.22. The first kappa shape index (κ1) is 20.3. The van der Waals surface area contributed by atoms with Crippen LogP contribution in [-0.2, 0) is 5.41 Å². The van der Waals surface area contributed by atoms with Crippen molar-refractivity contribution in [2.45, 2.75) is 26.2 Å². The number of anilines is 1. The summed E-state index contributed by atoms with van der Waals surface area (Å²) < 4.78 is 0. The molecular formula is C22H24N4O3. The van der Waals surface area contributed by atoms with Crippen LogP contribution in [0.1, 0.15) is 42.3 Å². The van der Waals surface area contributed by atoms with Crippen LogP contribution in [0.25, 0.3) is 0 Å². The van der Waals surface area contributed by atoms with Gasteiger partial charge in [0.05, 0.1) is 16.2 Å². The molecule has 2 aromatic rings. The molecule has 1 fully saturated rings. The molecule has 0 N–H and O–H groups in total. The number of hydrogen-bond donors (Lipinski definition) is 0. The molecule has 0 atom stereocenters. The number of carbonyl (C=O) groups excluding carboxylic acids is 1. The number of hydrogen-bond acceptors (Lipinski definition) is 5. The number of nitro groups is 1. The minimum atomic E-state index is -0.508. The van der Waals surface area contributed by atoms with E-state index in [2.05, 4.69) is 20.8 Å². The van der Waals surface area contributed by atoms with Gasteiger partial charge in [-0.1, -0.05) is 32.9 Å². The Kier molecular flexibility index (Phi) is 5.55. The number of amides is 1. The molecule has 0 aliphatic carbocycles. The SMILES string of the molecule is CC(C)(C)c1ccc(C(=O)N2CCN(c3ccc([N+](=O)[O-])cc3C#N)CC2)cc1. The van der Waals surface area contributed by atoms with Gasteiger partial charge in [0.2, 0.25) is 0 Å². The van der Waals surface area contributed by atoms with Gasteiger partial charge >= 0.3 is 0 Å². The van der Waals surface area contributed by atoms with Gasteiger partial charge in [0.1, 0.15) is 6.07 Å². The number of carbonyl (C=O) groups is 1. The monoisotopic (exact) mass is 392 g/mol. The van der Waals surface area contributed by atoms with E-state index in [0.717, 1.165) is 0 Å². The molecule has 3 rings (SSSR count). The average Bonchev–Trinajstić information content (AvgIpc) is 2.72. The number of nitro benzene ring substituents is 1. The van der Waals surface area contributed by atoms with Gasteiger partial charge in [-0.3, -0.25) is 14.9 Å². The van der Waals surface area contributed by atoms with Crippen molar-refractivity contribution in [3.05, 3.63) is 69.3 Å². The fraction of sp³-hybridized carbons (Fsp3) is 0.364. The second-order valence-corrected chi connectivity index (χ2v) is 8.18. The van der Waals surface area contributed by atoms with Gasteiger partial charge in [0.25, 0.3) is 11.6 Å². The van der Waals surface area contributed by atoms with Crippen LogP contribution in [0.15, 0.2) is 42.5 Å². The quantitative estimate of drug-likeness (QED) is 0.586. The Labute approximate surface area is 170 Å². The van der Waals surface area contributed by atoms with Crippen LogP contribution < -0.4 is 4.90 Å². The van der Waals surface area contributed by atoms with Crippen molar-refractivity contribution in [2.75, 3.05) is 31.1 Å². The second kappa shape index (κ2) is 7.92. The van der Waals surface area contributed by atoms with Gasteiger partial charge in [0, 0.05) is 43.9 Å². The van der Waals surface area contributed by atoms with Crippen LogP contribution in [0.3, 0.4) is 0 Å². The first-order chi connectivity index (χ1) is 13.7. The molecule has 0 bridgehead atoms. The lowest BCUT2D eigenvalue weighted by molar-refractivity contribution is -0.384. The van der Waals surface area contributed by atoms with E-state index < -0.39 is 4.92 Å². The lowest BCUT2D eigenvalue weighted by Gasteiger charge is -2.36. The summed E-state index contributed by atoms with van der Waals surface area (Å²) in [6.07, 6.45) is 0. The van der Waals surface area contributed by atoms with E-state index in [0.29, 0.717) is 37.4 Å². The number of piperazine rings is 1. The van der Waals surface area contributed by atoms with Gasteiger partial charge < -0.3 is 9.80 Å². The summed E-state index contributed by atoms with van der Waals surface area (Å²) in [7, 11) is 0. The Bertz CT molecular complexity index is 963. The molecule has 1 amide bonds. The molecule has 0 spiro atoms. The Hall–Kier alpha value is -3.40. The molecule has 0 aromatic heterocycles. The van der Waals surface area contributed by atoms with Crippen molar-refractivity contribution in [1.82, 2.24) is 4.90 Å². The van der Waals surface area contributed by atoms with Gasteiger partial charge in [-0.15, -0.1) is 0 Å². The first-order valence-electron chi connectivity index (χ1n) is 9.54. The minimum absolute atomic E-state index is 0.00526. The number of nitriles is 1. The maximum absolute atomic E-state index is 12.8. The van der Waals surface area contributed by atoms with Gasteiger partial charge in [-0.2, -0.15) is 5.26 Å². The molecule has 7 nitrogen and oxygen atoms in total. The van der Waals surface area contributed by atoms with E-state index in [-0.39, 0.29) is 22.6 Å². The van der Waals surface area contributed by atoms with Crippen LogP contribution in [0.5, 0.6) is 0 Å². The van der Waals surface area contributed by atoms with E-state index in [4.69, 9.17) is 0 Å².